The van der Waals surface area contributed by atoms with Crippen LogP contribution in [0.15, 0.2) is 48.5 Å². The van der Waals surface area contributed by atoms with Gasteiger partial charge in [0.25, 0.3) is 0 Å². The topological polar surface area (TPSA) is 35.8 Å². The second-order valence-corrected chi connectivity index (χ2v) is 5.62. The van der Waals surface area contributed by atoms with Gasteiger partial charge in [-0.3, -0.25) is 0 Å². The summed E-state index contributed by atoms with van der Waals surface area (Å²) >= 11 is 0. The van der Waals surface area contributed by atoms with Crippen LogP contribution in [-0.4, -0.2) is 13.1 Å². The van der Waals surface area contributed by atoms with Gasteiger partial charge in [-0.15, -0.1) is 0 Å². The highest BCUT2D eigenvalue weighted by atomic mass is 19.1. The molecule has 1 heterocycles. The van der Waals surface area contributed by atoms with Crippen molar-refractivity contribution in [3.8, 4) is 6.07 Å². The van der Waals surface area contributed by atoms with E-state index in [-0.39, 0.29) is 17.6 Å². The van der Waals surface area contributed by atoms with Gasteiger partial charge in [-0.2, -0.15) is 5.26 Å². The number of nitriles is 1. The summed E-state index contributed by atoms with van der Waals surface area (Å²) in [6.07, 6.45) is 0.850. The third-order valence-electron chi connectivity index (χ3n) is 4.45. The molecule has 1 aliphatic rings. The Morgan fingerprint density at radius 2 is 1.45 bits per heavy atom. The van der Waals surface area contributed by atoms with Crippen molar-refractivity contribution >= 4 is 0 Å². The van der Waals surface area contributed by atoms with Gasteiger partial charge in [-0.1, -0.05) is 24.3 Å². The molecule has 1 saturated heterocycles. The molecular weight excluding hydrogens is 282 g/mol. The van der Waals surface area contributed by atoms with Crippen LogP contribution in [0.1, 0.15) is 17.5 Å². The molecule has 1 N–H and O–H groups in total. The maximum Gasteiger partial charge on any atom is 0.123 e. The van der Waals surface area contributed by atoms with Gasteiger partial charge < -0.3 is 5.32 Å². The van der Waals surface area contributed by atoms with Crippen molar-refractivity contribution < 1.29 is 8.78 Å². The first-order valence-corrected chi connectivity index (χ1v) is 7.31. The molecule has 3 rings (SSSR count). The number of rotatable bonds is 3. The highest BCUT2D eigenvalue weighted by Gasteiger charge is 2.43. The monoisotopic (exact) mass is 298 g/mol. The number of benzene rings is 2. The zero-order valence-electron chi connectivity index (χ0n) is 12.0. The van der Waals surface area contributed by atoms with Crippen molar-refractivity contribution in [3.63, 3.8) is 0 Å². The minimum atomic E-state index is -0.898. The SMILES string of the molecule is N#CC(c1ccc(F)cc1)(c1ccc(F)cc1)C1CCNC1. The van der Waals surface area contributed by atoms with Crippen molar-refractivity contribution in [1.82, 2.24) is 5.32 Å². The highest BCUT2D eigenvalue weighted by molar-refractivity contribution is 5.47. The minimum Gasteiger partial charge on any atom is -0.316 e. The maximum absolute atomic E-state index is 13.3. The Bertz CT molecular complexity index is 635. The number of nitrogens with one attached hydrogen (secondary N) is 1. The van der Waals surface area contributed by atoms with Gasteiger partial charge in [-0.25, -0.2) is 8.78 Å². The lowest BCUT2D eigenvalue weighted by Gasteiger charge is -2.33. The van der Waals surface area contributed by atoms with E-state index in [4.69, 9.17) is 0 Å². The molecule has 0 bridgehead atoms. The average Bonchev–Trinajstić information content (AvgIpc) is 3.07. The summed E-state index contributed by atoms with van der Waals surface area (Å²) in [5.74, 6) is -0.605. The Morgan fingerprint density at radius 1 is 0.955 bits per heavy atom. The van der Waals surface area contributed by atoms with Crippen LogP contribution in [0.25, 0.3) is 0 Å². The van der Waals surface area contributed by atoms with E-state index in [0.29, 0.717) is 6.54 Å². The van der Waals surface area contributed by atoms with Gasteiger partial charge in [0.05, 0.1) is 6.07 Å². The molecule has 0 spiro atoms. The van der Waals surface area contributed by atoms with Crippen LogP contribution in [0.2, 0.25) is 0 Å². The fraction of sp³-hybridized carbons (Fsp3) is 0.278. The lowest BCUT2D eigenvalue weighted by molar-refractivity contribution is 0.424. The first-order valence-electron chi connectivity index (χ1n) is 7.31. The largest absolute Gasteiger partial charge is 0.316 e. The van der Waals surface area contributed by atoms with E-state index in [2.05, 4.69) is 11.4 Å². The molecule has 2 aromatic carbocycles. The molecule has 1 fully saturated rings. The van der Waals surface area contributed by atoms with Gasteiger partial charge in [0.1, 0.15) is 17.0 Å². The van der Waals surface area contributed by atoms with Gasteiger partial charge in [0, 0.05) is 6.54 Å². The predicted octanol–water partition coefficient (Wildman–Crippen LogP) is 3.38. The van der Waals surface area contributed by atoms with E-state index in [0.717, 1.165) is 24.1 Å². The summed E-state index contributed by atoms with van der Waals surface area (Å²) in [5, 5.41) is 13.3. The Hall–Kier alpha value is -2.25. The molecule has 0 aliphatic carbocycles. The second kappa shape index (κ2) is 5.86. The maximum atomic E-state index is 13.3. The number of hydrogen-bond donors (Lipinski definition) is 1. The summed E-state index contributed by atoms with van der Waals surface area (Å²) in [6, 6.07) is 14.5. The van der Waals surface area contributed by atoms with E-state index in [1.54, 1.807) is 24.3 Å². The van der Waals surface area contributed by atoms with Crippen molar-refractivity contribution in [2.24, 2.45) is 5.92 Å². The highest BCUT2D eigenvalue weighted by Crippen LogP contribution is 2.41. The lowest BCUT2D eigenvalue weighted by Crippen LogP contribution is -2.36. The molecule has 2 aromatic rings. The second-order valence-electron chi connectivity index (χ2n) is 5.62. The summed E-state index contributed by atoms with van der Waals surface area (Å²) in [6.45, 7) is 1.55. The van der Waals surface area contributed by atoms with Crippen molar-refractivity contribution in [1.29, 1.82) is 5.26 Å². The van der Waals surface area contributed by atoms with Crippen LogP contribution in [0.4, 0.5) is 8.78 Å². The molecule has 2 nitrogen and oxygen atoms in total. The minimum absolute atomic E-state index is 0.0634. The fourth-order valence-corrected chi connectivity index (χ4v) is 3.31. The molecule has 1 aliphatic heterocycles. The van der Waals surface area contributed by atoms with Gasteiger partial charge in [0.15, 0.2) is 0 Å². The van der Waals surface area contributed by atoms with E-state index in [9.17, 15) is 14.0 Å². The van der Waals surface area contributed by atoms with Crippen molar-refractivity contribution in [2.75, 3.05) is 13.1 Å². The van der Waals surface area contributed by atoms with E-state index in [1.165, 1.54) is 24.3 Å². The molecule has 1 unspecified atom stereocenters. The summed E-state index contributed by atoms with van der Waals surface area (Å²) in [7, 11) is 0. The third-order valence-corrected chi connectivity index (χ3v) is 4.45. The summed E-state index contributed by atoms with van der Waals surface area (Å²) < 4.78 is 26.5. The van der Waals surface area contributed by atoms with Gasteiger partial charge >= 0.3 is 0 Å². The molecular formula is C18H16F2N2. The Morgan fingerprint density at radius 3 is 1.82 bits per heavy atom. The average molecular weight is 298 g/mol. The molecule has 0 saturated carbocycles. The molecule has 112 valence electrons. The fourth-order valence-electron chi connectivity index (χ4n) is 3.31. The Labute approximate surface area is 128 Å². The number of nitrogens with zero attached hydrogens (tertiary/aromatic N) is 1. The zero-order valence-corrected chi connectivity index (χ0v) is 12.0. The van der Waals surface area contributed by atoms with Crippen LogP contribution < -0.4 is 5.32 Å². The lowest BCUT2D eigenvalue weighted by atomic mass is 9.66. The number of hydrogen-bond acceptors (Lipinski definition) is 2. The summed E-state index contributed by atoms with van der Waals surface area (Å²) in [4.78, 5) is 0. The van der Waals surface area contributed by atoms with Crippen LogP contribution in [0.3, 0.4) is 0 Å². The standard InChI is InChI=1S/C18H16F2N2/c19-16-5-1-13(2-6-16)18(12-21,15-9-10-22-11-15)14-3-7-17(20)8-4-14/h1-8,15,22H,9-11H2. The Balaban J connectivity index is 2.18. The van der Waals surface area contributed by atoms with E-state index >= 15 is 0 Å². The predicted molar refractivity (Wildman–Crippen MR) is 80.2 cm³/mol. The van der Waals surface area contributed by atoms with Gasteiger partial charge in [0.2, 0.25) is 0 Å². The van der Waals surface area contributed by atoms with Crippen molar-refractivity contribution in [2.45, 2.75) is 11.8 Å². The van der Waals surface area contributed by atoms with Crippen molar-refractivity contribution in [3.05, 3.63) is 71.3 Å². The van der Waals surface area contributed by atoms with Crippen LogP contribution in [0.5, 0.6) is 0 Å². The molecule has 22 heavy (non-hydrogen) atoms. The summed E-state index contributed by atoms with van der Waals surface area (Å²) in [5.41, 5.74) is 0.596. The van der Waals surface area contributed by atoms with Gasteiger partial charge in [-0.05, 0) is 54.3 Å². The molecule has 4 heteroatoms. The van der Waals surface area contributed by atoms with Crippen LogP contribution in [-0.2, 0) is 5.41 Å². The third kappa shape index (κ3) is 2.38. The quantitative estimate of drug-likeness (QED) is 0.943. The van der Waals surface area contributed by atoms with Crippen LogP contribution in [0, 0.1) is 28.9 Å². The first-order chi connectivity index (χ1) is 10.7. The molecule has 0 radical (unpaired) electrons. The van der Waals surface area contributed by atoms with E-state index < -0.39 is 5.41 Å². The molecule has 0 amide bonds. The Kier molecular flexibility index (Phi) is 3.91. The molecule has 1 atom stereocenters. The number of halogens is 2. The van der Waals surface area contributed by atoms with Crippen LogP contribution >= 0.6 is 0 Å². The first kappa shape index (κ1) is 14.7. The molecule has 0 aromatic heterocycles. The zero-order chi connectivity index (χ0) is 15.6. The van der Waals surface area contributed by atoms with E-state index in [1.807, 2.05) is 0 Å². The smallest absolute Gasteiger partial charge is 0.123 e. The normalized spacial score (nSPS) is 18.1.